The number of sulfone groups is 1. The van der Waals surface area contributed by atoms with Crippen molar-refractivity contribution in [3.63, 3.8) is 0 Å². The summed E-state index contributed by atoms with van der Waals surface area (Å²) >= 11 is 9.14. The number of benzene rings is 1. The highest BCUT2D eigenvalue weighted by molar-refractivity contribution is 9.10. The minimum absolute atomic E-state index is 0.0421. The standard InChI is InChI=1S/C11H10BrClO3S/c12-9-2-1-7(5-10(9)13)11(14)8-3-4-17(15,16)6-8/h1-2,5,8H,3-4,6H2. The fourth-order valence-electron chi connectivity index (χ4n) is 1.89. The molecule has 3 nitrogen and oxygen atoms in total. The van der Waals surface area contributed by atoms with E-state index in [0.29, 0.717) is 17.0 Å². The van der Waals surface area contributed by atoms with Crippen molar-refractivity contribution in [2.75, 3.05) is 11.5 Å². The number of carbonyl (C=O) groups excluding carboxylic acids is 1. The molecule has 2 rings (SSSR count). The SMILES string of the molecule is O=C(c1ccc(Br)c(Cl)c1)C1CCS(=O)(=O)C1. The van der Waals surface area contributed by atoms with Crippen LogP contribution in [-0.4, -0.2) is 25.7 Å². The molecule has 0 radical (unpaired) electrons. The average molecular weight is 338 g/mol. The fraction of sp³-hybridized carbons (Fsp3) is 0.364. The summed E-state index contributed by atoms with van der Waals surface area (Å²) in [6, 6.07) is 4.92. The third-order valence-corrected chi connectivity index (χ3v) is 5.81. The van der Waals surface area contributed by atoms with Crippen LogP contribution < -0.4 is 0 Å². The van der Waals surface area contributed by atoms with Gasteiger partial charge in [0.1, 0.15) is 0 Å². The second-order valence-electron chi connectivity index (χ2n) is 4.09. The highest BCUT2D eigenvalue weighted by Gasteiger charge is 2.33. The molecule has 0 amide bonds. The molecule has 1 heterocycles. The molecule has 0 spiro atoms. The number of halogens is 2. The third kappa shape index (κ3) is 2.89. The molecule has 0 saturated carbocycles. The number of hydrogen-bond acceptors (Lipinski definition) is 3. The zero-order valence-electron chi connectivity index (χ0n) is 8.82. The number of hydrogen-bond donors (Lipinski definition) is 0. The Morgan fingerprint density at radius 3 is 2.65 bits per heavy atom. The van der Waals surface area contributed by atoms with Gasteiger partial charge in [-0.15, -0.1) is 0 Å². The van der Waals surface area contributed by atoms with Gasteiger partial charge in [-0.1, -0.05) is 17.7 Å². The Bertz CT molecular complexity index is 568. The van der Waals surface area contributed by atoms with Crippen molar-refractivity contribution in [1.82, 2.24) is 0 Å². The van der Waals surface area contributed by atoms with Crippen molar-refractivity contribution in [1.29, 1.82) is 0 Å². The maximum absolute atomic E-state index is 12.1. The van der Waals surface area contributed by atoms with Gasteiger partial charge >= 0.3 is 0 Å². The first-order valence-electron chi connectivity index (χ1n) is 5.09. The molecule has 1 aliphatic heterocycles. The second-order valence-corrected chi connectivity index (χ2v) is 7.58. The summed E-state index contributed by atoms with van der Waals surface area (Å²) in [4.78, 5) is 12.1. The Kier molecular flexibility index (Phi) is 3.61. The highest BCUT2D eigenvalue weighted by atomic mass is 79.9. The van der Waals surface area contributed by atoms with Gasteiger partial charge in [-0.05, 0) is 34.5 Å². The van der Waals surface area contributed by atoms with Crippen LogP contribution in [0.25, 0.3) is 0 Å². The van der Waals surface area contributed by atoms with Crippen molar-refractivity contribution in [3.8, 4) is 0 Å². The molecular weight excluding hydrogens is 328 g/mol. The number of ketones is 1. The van der Waals surface area contributed by atoms with E-state index in [1.807, 2.05) is 0 Å². The zero-order valence-corrected chi connectivity index (χ0v) is 12.0. The number of carbonyl (C=O) groups is 1. The van der Waals surface area contributed by atoms with E-state index in [0.717, 1.165) is 4.47 Å². The van der Waals surface area contributed by atoms with E-state index < -0.39 is 15.8 Å². The topological polar surface area (TPSA) is 51.2 Å². The van der Waals surface area contributed by atoms with Crippen LogP contribution in [0.2, 0.25) is 5.02 Å². The van der Waals surface area contributed by atoms with Crippen molar-refractivity contribution >= 4 is 43.2 Å². The molecule has 92 valence electrons. The van der Waals surface area contributed by atoms with Gasteiger partial charge in [0.2, 0.25) is 0 Å². The maximum Gasteiger partial charge on any atom is 0.167 e. The molecule has 1 fully saturated rings. The first kappa shape index (κ1) is 13.1. The molecule has 6 heteroatoms. The monoisotopic (exact) mass is 336 g/mol. The molecule has 0 aromatic heterocycles. The number of Topliss-reactive ketones (excluding diaryl/α,β-unsaturated/α-hetero) is 1. The summed E-state index contributed by atoms with van der Waals surface area (Å²) in [6.07, 6.45) is 0.412. The van der Waals surface area contributed by atoms with Crippen molar-refractivity contribution < 1.29 is 13.2 Å². The Labute approximate surface area is 113 Å². The van der Waals surface area contributed by atoms with Gasteiger partial charge in [0.15, 0.2) is 15.6 Å². The molecule has 1 aliphatic rings. The smallest absolute Gasteiger partial charge is 0.167 e. The Morgan fingerprint density at radius 1 is 1.41 bits per heavy atom. The predicted octanol–water partition coefficient (Wildman–Crippen LogP) is 2.72. The van der Waals surface area contributed by atoms with Crippen LogP contribution in [0, 0.1) is 5.92 Å². The summed E-state index contributed by atoms with van der Waals surface area (Å²) in [5.41, 5.74) is 0.473. The molecule has 1 aromatic rings. The van der Waals surface area contributed by atoms with Crippen molar-refractivity contribution in [2.24, 2.45) is 5.92 Å². The summed E-state index contributed by atoms with van der Waals surface area (Å²) in [5.74, 6) is -0.495. The first-order valence-corrected chi connectivity index (χ1v) is 8.08. The van der Waals surface area contributed by atoms with E-state index in [1.54, 1.807) is 18.2 Å². The van der Waals surface area contributed by atoms with E-state index in [4.69, 9.17) is 11.6 Å². The van der Waals surface area contributed by atoms with E-state index in [9.17, 15) is 13.2 Å². The van der Waals surface area contributed by atoms with E-state index in [-0.39, 0.29) is 17.3 Å². The van der Waals surface area contributed by atoms with Crippen LogP contribution in [0.5, 0.6) is 0 Å². The second kappa shape index (κ2) is 4.71. The summed E-state index contributed by atoms with van der Waals surface area (Å²) in [5, 5.41) is 0.455. The normalized spacial score (nSPS) is 22.6. The minimum Gasteiger partial charge on any atom is -0.294 e. The summed E-state index contributed by atoms with van der Waals surface area (Å²) in [7, 11) is -3.03. The molecule has 1 atom stereocenters. The molecule has 0 N–H and O–H groups in total. The van der Waals surface area contributed by atoms with Crippen LogP contribution in [0.4, 0.5) is 0 Å². The van der Waals surface area contributed by atoms with E-state index >= 15 is 0 Å². The van der Waals surface area contributed by atoms with Gasteiger partial charge in [-0.3, -0.25) is 4.79 Å². The van der Waals surface area contributed by atoms with Crippen LogP contribution in [0.15, 0.2) is 22.7 Å². The lowest BCUT2D eigenvalue weighted by atomic mass is 9.97. The Morgan fingerprint density at radius 2 is 2.12 bits per heavy atom. The molecule has 0 aliphatic carbocycles. The lowest BCUT2D eigenvalue weighted by Crippen LogP contribution is -2.16. The van der Waals surface area contributed by atoms with Gasteiger partial charge in [-0.2, -0.15) is 0 Å². The average Bonchev–Trinajstić information content (AvgIpc) is 2.62. The Hall–Kier alpha value is -0.390. The maximum atomic E-state index is 12.1. The lowest BCUT2D eigenvalue weighted by Gasteiger charge is -2.07. The minimum atomic E-state index is -3.03. The quantitative estimate of drug-likeness (QED) is 0.780. The van der Waals surface area contributed by atoms with Crippen LogP contribution in [0.3, 0.4) is 0 Å². The third-order valence-electron chi connectivity index (χ3n) is 2.81. The van der Waals surface area contributed by atoms with E-state index in [1.165, 1.54) is 0 Å². The van der Waals surface area contributed by atoms with Crippen LogP contribution in [-0.2, 0) is 9.84 Å². The molecule has 1 saturated heterocycles. The molecular formula is C11H10BrClO3S. The molecule has 0 bridgehead atoms. The van der Waals surface area contributed by atoms with Gasteiger partial charge < -0.3 is 0 Å². The lowest BCUT2D eigenvalue weighted by molar-refractivity contribution is 0.0933. The molecule has 1 aromatic carbocycles. The highest BCUT2D eigenvalue weighted by Crippen LogP contribution is 2.27. The van der Waals surface area contributed by atoms with E-state index in [2.05, 4.69) is 15.9 Å². The number of rotatable bonds is 2. The van der Waals surface area contributed by atoms with Gasteiger partial charge in [0, 0.05) is 16.0 Å². The van der Waals surface area contributed by atoms with Gasteiger partial charge in [0.25, 0.3) is 0 Å². The predicted molar refractivity (Wildman–Crippen MR) is 70.2 cm³/mol. The van der Waals surface area contributed by atoms with Crippen LogP contribution in [0.1, 0.15) is 16.8 Å². The largest absolute Gasteiger partial charge is 0.294 e. The first-order chi connectivity index (χ1) is 7.89. The molecule has 1 unspecified atom stereocenters. The van der Waals surface area contributed by atoms with Gasteiger partial charge in [0.05, 0.1) is 16.5 Å². The summed E-state index contributed by atoms with van der Waals surface area (Å²) < 4.78 is 23.3. The summed E-state index contributed by atoms with van der Waals surface area (Å²) in [6.45, 7) is 0. The van der Waals surface area contributed by atoms with Crippen molar-refractivity contribution in [3.05, 3.63) is 33.3 Å². The van der Waals surface area contributed by atoms with Crippen LogP contribution >= 0.6 is 27.5 Å². The zero-order chi connectivity index (χ0) is 12.6. The molecule has 17 heavy (non-hydrogen) atoms. The van der Waals surface area contributed by atoms with Gasteiger partial charge in [-0.25, -0.2) is 8.42 Å². The fourth-order valence-corrected chi connectivity index (χ4v) is 4.06. The van der Waals surface area contributed by atoms with Crippen molar-refractivity contribution in [2.45, 2.75) is 6.42 Å². The Balaban J connectivity index is 2.23.